The molecule has 0 atom stereocenters. The van der Waals surface area contributed by atoms with E-state index >= 15 is 0 Å². The number of halogens is 1. The number of piperazine rings is 1. The van der Waals surface area contributed by atoms with Crippen LogP contribution in [0.2, 0.25) is 5.02 Å². The predicted octanol–water partition coefficient (Wildman–Crippen LogP) is 6.88. The summed E-state index contributed by atoms with van der Waals surface area (Å²) in [6.07, 6.45) is 4.08. The Morgan fingerprint density at radius 2 is 1.71 bits per heavy atom. The number of fused-ring (bicyclic) bond motifs is 1. The van der Waals surface area contributed by atoms with Gasteiger partial charge in [-0.15, -0.1) is 0 Å². The Labute approximate surface area is 298 Å². The van der Waals surface area contributed by atoms with Gasteiger partial charge in [0.25, 0.3) is 0 Å². The number of piperidine rings is 1. The molecule has 2 saturated heterocycles. The van der Waals surface area contributed by atoms with Gasteiger partial charge < -0.3 is 25.1 Å². The van der Waals surface area contributed by atoms with Gasteiger partial charge in [-0.25, -0.2) is 4.98 Å². The molecule has 2 N–H and O–H groups in total. The Balaban J connectivity index is 1.32. The molecule has 264 valence electrons. The minimum Gasteiger partial charge on any atom is -0.481 e. The summed E-state index contributed by atoms with van der Waals surface area (Å²) in [5, 5.41) is 14.7. The molecule has 0 amide bonds. The van der Waals surface area contributed by atoms with Crippen LogP contribution in [0.4, 0.5) is 11.5 Å². The lowest BCUT2D eigenvalue weighted by atomic mass is 9.82. The van der Waals surface area contributed by atoms with E-state index in [1.165, 1.54) is 22.3 Å². The van der Waals surface area contributed by atoms with Gasteiger partial charge in [-0.2, -0.15) is 0 Å². The van der Waals surface area contributed by atoms with Crippen molar-refractivity contribution in [3.63, 3.8) is 0 Å². The fourth-order valence-electron chi connectivity index (χ4n) is 7.75. The summed E-state index contributed by atoms with van der Waals surface area (Å²) in [5.41, 5.74) is 10.3. The van der Waals surface area contributed by atoms with Crippen molar-refractivity contribution >= 4 is 29.1 Å². The lowest BCUT2D eigenvalue weighted by molar-refractivity contribution is -0.136. The maximum atomic E-state index is 12.3. The van der Waals surface area contributed by atoms with Crippen molar-refractivity contribution in [1.29, 1.82) is 0 Å². The number of rotatable bonds is 11. The number of hydrogen-bond donors (Lipinski definition) is 2. The summed E-state index contributed by atoms with van der Waals surface area (Å²) in [4.78, 5) is 27.3. The Kier molecular flexibility index (Phi) is 11.2. The molecule has 8 nitrogen and oxygen atoms in total. The molecule has 3 aliphatic heterocycles. The first kappa shape index (κ1) is 35.6. The Morgan fingerprint density at radius 3 is 2.43 bits per heavy atom. The van der Waals surface area contributed by atoms with E-state index in [1.807, 2.05) is 19.1 Å². The van der Waals surface area contributed by atoms with Crippen LogP contribution in [0.15, 0.2) is 36.4 Å². The second-order valence-electron chi connectivity index (χ2n) is 15.4. The molecule has 0 unspecified atom stereocenters. The maximum absolute atomic E-state index is 12.3. The van der Waals surface area contributed by atoms with Crippen LogP contribution in [0.1, 0.15) is 66.6 Å². The number of carboxylic acid groups (broad SMARTS) is 1. The molecule has 4 heterocycles. The summed E-state index contributed by atoms with van der Waals surface area (Å²) in [5.74, 6) is 0.0537. The first-order valence-corrected chi connectivity index (χ1v) is 18.6. The minimum atomic E-state index is -0.818. The summed E-state index contributed by atoms with van der Waals surface area (Å²) in [7, 11) is 2.20. The van der Waals surface area contributed by atoms with Crippen LogP contribution in [-0.4, -0.2) is 96.7 Å². The maximum Gasteiger partial charge on any atom is 0.307 e. The molecule has 2 aromatic carbocycles. The van der Waals surface area contributed by atoms with Crippen molar-refractivity contribution in [3.8, 4) is 11.1 Å². The number of nitrogens with one attached hydrogen (secondary N) is 1. The van der Waals surface area contributed by atoms with E-state index in [4.69, 9.17) is 16.6 Å². The van der Waals surface area contributed by atoms with E-state index in [9.17, 15) is 9.90 Å². The quantitative estimate of drug-likeness (QED) is 0.212. The molecule has 6 rings (SSSR count). The van der Waals surface area contributed by atoms with Crippen LogP contribution in [0.3, 0.4) is 0 Å². The van der Waals surface area contributed by atoms with Crippen molar-refractivity contribution in [2.45, 2.75) is 72.9 Å². The predicted molar refractivity (Wildman–Crippen MR) is 202 cm³/mol. The van der Waals surface area contributed by atoms with E-state index in [0.29, 0.717) is 0 Å². The molecule has 0 saturated carbocycles. The van der Waals surface area contributed by atoms with Crippen LogP contribution in [-0.2, 0) is 30.7 Å². The van der Waals surface area contributed by atoms with Gasteiger partial charge in [-0.05, 0) is 92.4 Å². The number of aliphatic carboxylic acids is 1. The summed E-state index contributed by atoms with van der Waals surface area (Å²) in [6.45, 7) is 19.6. The van der Waals surface area contributed by atoms with E-state index in [0.717, 1.165) is 137 Å². The van der Waals surface area contributed by atoms with E-state index in [2.05, 4.69) is 77.0 Å². The Hall–Kier alpha value is -3.17. The van der Waals surface area contributed by atoms with Gasteiger partial charge in [0.15, 0.2) is 0 Å². The van der Waals surface area contributed by atoms with Gasteiger partial charge in [0.2, 0.25) is 0 Å². The average Bonchev–Trinajstić information content (AvgIpc) is 3.06. The van der Waals surface area contributed by atoms with Gasteiger partial charge in [0, 0.05) is 87.3 Å². The van der Waals surface area contributed by atoms with Gasteiger partial charge in [0.1, 0.15) is 5.82 Å². The van der Waals surface area contributed by atoms with Crippen molar-refractivity contribution in [2.75, 3.05) is 76.2 Å². The normalized spacial score (nSPS) is 18.8. The number of anilines is 2. The fraction of sp³-hybridized carbons (Fsp3) is 0.550. The molecule has 3 aromatic rings. The number of carboxylic acids is 1. The van der Waals surface area contributed by atoms with Crippen molar-refractivity contribution in [3.05, 3.63) is 74.9 Å². The highest BCUT2D eigenvalue weighted by atomic mass is 35.5. The van der Waals surface area contributed by atoms with Crippen molar-refractivity contribution < 1.29 is 9.90 Å². The first-order valence-electron chi connectivity index (χ1n) is 18.2. The second-order valence-corrected chi connectivity index (χ2v) is 15.8. The van der Waals surface area contributed by atoms with Crippen molar-refractivity contribution in [2.24, 2.45) is 5.41 Å². The van der Waals surface area contributed by atoms with Gasteiger partial charge in [-0.3, -0.25) is 9.69 Å². The van der Waals surface area contributed by atoms with E-state index in [1.54, 1.807) is 0 Å². The van der Waals surface area contributed by atoms with Gasteiger partial charge >= 0.3 is 5.97 Å². The zero-order valence-electron chi connectivity index (χ0n) is 30.2. The standard InChI is InChI=1S/C40H55ClN6O2/c1-28-8-6-9-35(41)34(28)27-46-17-12-30-24-31(10-11-32(30)26-46)37-38(47-18-13-40(3,4)14-19-47)33(25-36(48)49)29(2)43-39(37)42-15-7-16-45-22-20-44(5)21-23-45/h6,8-11,24H,7,12-23,25-27H2,1-5H3,(H,42,43)(H,48,49). The lowest BCUT2D eigenvalue weighted by Crippen LogP contribution is -2.44. The zero-order chi connectivity index (χ0) is 34.7. The molecule has 3 aliphatic rings. The third-order valence-corrected chi connectivity index (χ3v) is 11.5. The van der Waals surface area contributed by atoms with Crippen LogP contribution in [0.25, 0.3) is 11.1 Å². The molecule has 0 spiro atoms. The molecule has 49 heavy (non-hydrogen) atoms. The third kappa shape index (κ3) is 8.59. The molecular formula is C40H55ClN6O2. The number of likely N-dealkylation sites (N-methyl/N-ethyl adjacent to an activating group) is 1. The highest BCUT2D eigenvalue weighted by Gasteiger charge is 2.31. The molecule has 9 heteroatoms. The molecule has 1 aromatic heterocycles. The fourth-order valence-corrected chi connectivity index (χ4v) is 8.03. The number of pyridine rings is 1. The van der Waals surface area contributed by atoms with Crippen LogP contribution in [0.5, 0.6) is 0 Å². The van der Waals surface area contributed by atoms with E-state index in [-0.39, 0.29) is 11.8 Å². The third-order valence-electron chi connectivity index (χ3n) is 11.1. The van der Waals surface area contributed by atoms with Crippen LogP contribution in [0, 0.1) is 19.3 Å². The van der Waals surface area contributed by atoms with Crippen molar-refractivity contribution in [1.82, 2.24) is 19.7 Å². The highest BCUT2D eigenvalue weighted by Crippen LogP contribution is 2.44. The number of hydrogen-bond acceptors (Lipinski definition) is 7. The number of nitrogens with zero attached hydrogens (tertiary/aromatic N) is 5. The topological polar surface area (TPSA) is 75.2 Å². The largest absolute Gasteiger partial charge is 0.481 e. The monoisotopic (exact) mass is 686 g/mol. The summed E-state index contributed by atoms with van der Waals surface area (Å²) in [6, 6.07) is 13.0. The molecule has 2 fully saturated rings. The number of aromatic nitrogens is 1. The summed E-state index contributed by atoms with van der Waals surface area (Å²) < 4.78 is 0. The SMILES string of the molecule is Cc1cccc(Cl)c1CN1CCc2cc(-c3c(NCCCN4CCN(C)CC4)nc(C)c(CC(=O)O)c3N3CCC(C)(C)CC3)ccc2C1. The zero-order valence-corrected chi connectivity index (χ0v) is 31.0. The Bertz CT molecular complexity index is 1620. The smallest absolute Gasteiger partial charge is 0.307 e. The number of aryl methyl sites for hydroxylation is 2. The average molecular weight is 687 g/mol. The lowest BCUT2D eigenvalue weighted by Gasteiger charge is -2.40. The first-order chi connectivity index (χ1) is 23.5. The highest BCUT2D eigenvalue weighted by molar-refractivity contribution is 6.31. The van der Waals surface area contributed by atoms with Gasteiger partial charge in [0.05, 0.1) is 12.1 Å². The second kappa shape index (κ2) is 15.4. The summed E-state index contributed by atoms with van der Waals surface area (Å²) >= 11 is 6.61. The molecule has 0 radical (unpaired) electrons. The van der Waals surface area contributed by atoms with Crippen LogP contribution < -0.4 is 10.2 Å². The molecule has 0 aliphatic carbocycles. The van der Waals surface area contributed by atoms with Crippen LogP contribution >= 0.6 is 11.6 Å². The number of benzene rings is 2. The number of carbonyl (C=O) groups is 1. The molecule has 0 bridgehead atoms. The molecular weight excluding hydrogens is 632 g/mol. The minimum absolute atomic E-state index is 0.0356. The van der Waals surface area contributed by atoms with Gasteiger partial charge in [-0.1, -0.05) is 55.8 Å². The Morgan fingerprint density at radius 1 is 0.959 bits per heavy atom. The van der Waals surface area contributed by atoms with E-state index < -0.39 is 5.97 Å².